The van der Waals surface area contributed by atoms with Gasteiger partial charge in [-0.2, -0.15) is 0 Å². The molecular formula is C15H20O3. The molecule has 2 unspecified atom stereocenters. The van der Waals surface area contributed by atoms with Gasteiger partial charge in [0.1, 0.15) is 6.10 Å². The largest absolute Gasteiger partial charge is 0.375 e. The van der Waals surface area contributed by atoms with E-state index < -0.39 is 0 Å². The minimum absolute atomic E-state index is 0.0202. The molecule has 98 valence electrons. The van der Waals surface area contributed by atoms with Crippen molar-refractivity contribution in [1.82, 2.24) is 0 Å². The van der Waals surface area contributed by atoms with E-state index in [1.165, 1.54) is 5.56 Å². The molecule has 1 fully saturated rings. The maximum Gasteiger partial charge on any atom is 0.166 e. The van der Waals surface area contributed by atoms with E-state index in [1.807, 2.05) is 25.1 Å². The normalized spacial score (nSPS) is 22.8. The van der Waals surface area contributed by atoms with E-state index in [2.05, 4.69) is 12.1 Å². The molecular weight excluding hydrogens is 228 g/mol. The lowest BCUT2D eigenvalue weighted by molar-refractivity contribution is -0.165. The van der Waals surface area contributed by atoms with Crippen LogP contribution in [0.25, 0.3) is 0 Å². The lowest BCUT2D eigenvalue weighted by Crippen LogP contribution is -2.50. The van der Waals surface area contributed by atoms with Crippen molar-refractivity contribution in [3.8, 4) is 0 Å². The predicted molar refractivity (Wildman–Crippen MR) is 69.5 cm³/mol. The third-order valence-electron chi connectivity index (χ3n) is 3.19. The lowest BCUT2D eigenvalue weighted by Gasteiger charge is -2.34. The number of hydrogen-bond acceptors (Lipinski definition) is 3. The molecule has 0 spiro atoms. The van der Waals surface area contributed by atoms with Crippen LogP contribution in [-0.2, 0) is 20.7 Å². The smallest absolute Gasteiger partial charge is 0.166 e. The number of benzene rings is 1. The monoisotopic (exact) mass is 248 g/mol. The summed E-state index contributed by atoms with van der Waals surface area (Å²) in [5, 5.41) is 0. The minimum Gasteiger partial charge on any atom is -0.375 e. The third kappa shape index (κ3) is 3.40. The van der Waals surface area contributed by atoms with Crippen molar-refractivity contribution in [2.75, 3.05) is 13.2 Å². The molecule has 1 aliphatic rings. The van der Waals surface area contributed by atoms with Crippen LogP contribution in [0.1, 0.15) is 25.3 Å². The van der Waals surface area contributed by atoms with Crippen LogP contribution in [0.2, 0.25) is 0 Å². The standard InChI is InChI=1S/C15H20O3/c1-2-17-15-13(16)11-14(15)18-10-6-9-12-7-4-3-5-8-12/h3-5,7-8,14-15H,2,6,9-11H2,1H3. The van der Waals surface area contributed by atoms with E-state index in [1.54, 1.807) is 0 Å². The Morgan fingerprint density at radius 2 is 2.00 bits per heavy atom. The number of ketones is 1. The van der Waals surface area contributed by atoms with Gasteiger partial charge in [0.05, 0.1) is 6.10 Å². The van der Waals surface area contributed by atoms with Crippen molar-refractivity contribution in [2.24, 2.45) is 0 Å². The fourth-order valence-corrected chi connectivity index (χ4v) is 2.15. The first-order chi connectivity index (χ1) is 8.81. The van der Waals surface area contributed by atoms with Crippen molar-refractivity contribution in [2.45, 2.75) is 38.4 Å². The molecule has 0 aliphatic heterocycles. The first-order valence-electron chi connectivity index (χ1n) is 6.61. The molecule has 0 heterocycles. The number of Topliss-reactive ketones (excluding diaryl/α,β-unsaturated/α-hetero) is 1. The summed E-state index contributed by atoms with van der Waals surface area (Å²) in [6, 6.07) is 10.4. The van der Waals surface area contributed by atoms with E-state index in [0.717, 1.165) is 12.8 Å². The fourth-order valence-electron chi connectivity index (χ4n) is 2.15. The Hall–Kier alpha value is -1.19. The van der Waals surface area contributed by atoms with Gasteiger partial charge in [-0.1, -0.05) is 30.3 Å². The highest BCUT2D eigenvalue weighted by molar-refractivity contribution is 5.90. The molecule has 0 aromatic heterocycles. The second-order valence-corrected chi connectivity index (χ2v) is 4.54. The van der Waals surface area contributed by atoms with Gasteiger partial charge in [0.2, 0.25) is 0 Å². The molecule has 3 heteroatoms. The molecule has 3 nitrogen and oxygen atoms in total. The Morgan fingerprint density at radius 1 is 1.22 bits per heavy atom. The van der Waals surface area contributed by atoms with Gasteiger partial charge in [-0.05, 0) is 25.3 Å². The van der Waals surface area contributed by atoms with Crippen molar-refractivity contribution < 1.29 is 14.3 Å². The summed E-state index contributed by atoms with van der Waals surface area (Å²) in [6.45, 7) is 3.16. The van der Waals surface area contributed by atoms with Crippen molar-refractivity contribution in [3.63, 3.8) is 0 Å². The Balaban J connectivity index is 1.63. The van der Waals surface area contributed by atoms with Crippen LogP contribution in [0.15, 0.2) is 30.3 Å². The minimum atomic E-state index is -0.313. The van der Waals surface area contributed by atoms with Crippen LogP contribution in [0.3, 0.4) is 0 Å². The van der Waals surface area contributed by atoms with Crippen molar-refractivity contribution in [1.29, 1.82) is 0 Å². The van der Waals surface area contributed by atoms with E-state index in [0.29, 0.717) is 19.6 Å². The molecule has 1 aromatic rings. The summed E-state index contributed by atoms with van der Waals surface area (Å²) in [5.74, 6) is 0.171. The van der Waals surface area contributed by atoms with Crippen LogP contribution in [0.5, 0.6) is 0 Å². The molecule has 1 aliphatic carbocycles. The molecule has 0 N–H and O–H groups in total. The molecule has 0 saturated heterocycles. The Bertz CT molecular complexity index is 375. The van der Waals surface area contributed by atoms with E-state index in [9.17, 15) is 4.79 Å². The first kappa shape index (κ1) is 13.2. The van der Waals surface area contributed by atoms with Gasteiger partial charge in [0.15, 0.2) is 5.78 Å². The summed E-state index contributed by atoms with van der Waals surface area (Å²) < 4.78 is 11.0. The van der Waals surface area contributed by atoms with Gasteiger partial charge in [-0.3, -0.25) is 4.79 Å². The van der Waals surface area contributed by atoms with Crippen molar-refractivity contribution >= 4 is 5.78 Å². The second-order valence-electron chi connectivity index (χ2n) is 4.54. The number of carbonyl (C=O) groups is 1. The Kier molecular flexibility index (Phi) is 4.90. The zero-order chi connectivity index (χ0) is 12.8. The molecule has 1 aromatic carbocycles. The number of carbonyl (C=O) groups excluding carboxylic acids is 1. The van der Waals surface area contributed by atoms with Crippen LogP contribution in [0, 0.1) is 0 Å². The van der Waals surface area contributed by atoms with Gasteiger partial charge in [0, 0.05) is 19.6 Å². The van der Waals surface area contributed by atoms with E-state index >= 15 is 0 Å². The number of hydrogen-bond donors (Lipinski definition) is 0. The highest BCUT2D eigenvalue weighted by atomic mass is 16.5. The Labute approximate surface area is 108 Å². The quantitative estimate of drug-likeness (QED) is 0.695. The molecule has 0 bridgehead atoms. The molecule has 18 heavy (non-hydrogen) atoms. The van der Waals surface area contributed by atoms with Crippen LogP contribution in [0.4, 0.5) is 0 Å². The highest BCUT2D eigenvalue weighted by Gasteiger charge is 2.41. The van der Waals surface area contributed by atoms with E-state index in [-0.39, 0.29) is 18.0 Å². The summed E-state index contributed by atoms with van der Waals surface area (Å²) in [5.41, 5.74) is 1.33. The first-order valence-corrected chi connectivity index (χ1v) is 6.61. The zero-order valence-electron chi connectivity index (χ0n) is 10.8. The number of aryl methyl sites for hydroxylation is 1. The van der Waals surface area contributed by atoms with Gasteiger partial charge in [0.25, 0.3) is 0 Å². The predicted octanol–water partition coefficient (Wildman–Crippen LogP) is 2.38. The summed E-state index contributed by atoms with van der Waals surface area (Å²) in [6.07, 6.45) is 2.17. The third-order valence-corrected chi connectivity index (χ3v) is 3.19. The zero-order valence-corrected chi connectivity index (χ0v) is 10.8. The average Bonchev–Trinajstić information content (AvgIpc) is 2.41. The van der Waals surface area contributed by atoms with Crippen LogP contribution >= 0.6 is 0 Å². The van der Waals surface area contributed by atoms with E-state index in [4.69, 9.17) is 9.47 Å². The van der Waals surface area contributed by atoms with Gasteiger partial charge in [-0.15, -0.1) is 0 Å². The van der Waals surface area contributed by atoms with Gasteiger partial charge >= 0.3 is 0 Å². The summed E-state index contributed by atoms with van der Waals surface area (Å²) in [4.78, 5) is 11.3. The molecule has 1 saturated carbocycles. The summed E-state index contributed by atoms with van der Waals surface area (Å²) in [7, 11) is 0. The van der Waals surface area contributed by atoms with Gasteiger partial charge in [-0.25, -0.2) is 0 Å². The summed E-state index contributed by atoms with van der Waals surface area (Å²) >= 11 is 0. The Morgan fingerprint density at radius 3 is 2.67 bits per heavy atom. The average molecular weight is 248 g/mol. The van der Waals surface area contributed by atoms with Crippen molar-refractivity contribution in [3.05, 3.63) is 35.9 Å². The molecule has 0 radical (unpaired) electrons. The van der Waals surface area contributed by atoms with Gasteiger partial charge < -0.3 is 9.47 Å². The topological polar surface area (TPSA) is 35.5 Å². The van der Waals surface area contributed by atoms with Crippen LogP contribution in [-0.4, -0.2) is 31.2 Å². The number of rotatable bonds is 7. The highest BCUT2D eigenvalue weighted by Crippen LogP contribution is 2.23. The molecule has 2 rings (SSSR count). The lowest BCUT2D eigenvalue weighted by atomic mass is 9.90. The second kappa shape index (κ2) is 6.66. The fraction of sp³-hybridized carbons (Fsp3) is 0.533. The maximum absolute atomic E-state index is 11.3. The van der Waals surface area contributed by atoms with Crippen LogP contribution < -0.4 is 0 Å². The molecule has 2 atom stereocenters. The SMILES string of the molecule is CCOC1C(=O)CC1OCCCc1ccccc1. The molecule has 0 amide bonds. The number of ether oxygens (including phenoxy) is 2. The maximum atomic E-state index is 11.3.